The number of aliphatic hydroxyl groups is 6. The van der Waals surface area contributed by atoms with Gasteiger partial charge < -0.3 is 74.0 Å². The molecule has 0 bridgehead atoms. The van der Waals surface area contributed by atoms with Gasteiger partial charge in [-0.15, -0.1) is 0 Å². The summed E-state index contributed by atoms with van der Waals surface area (Å²) < 4.78 is 36.5. The van der Waals surface area contributed by atoms with Crippen molar-refractivity contribution in [2.75, 3.05) is 27.4 Å². The molecule has 10 atom stereocenters. The van der Waals surface area contributed by atoms with E-state index < -0.39 is 98.1 Å². The molecule has 0 unspecified atom stereocenters. The van der Waals surface area contributed by atoms with Gasteiger partial charge in [-0.05, 0) is 24.3 Å². The van der Waals surface area contributed by atoms with Gasteiger partial charge in [-0.1, -0.05) is 12.1 Å². The molecule has 0 radical (unpaired) electrons. The molecule has 17 nitrogen and oxygen atoms in total. The number of para-hydroxylation sites is 2. The van der Waals surface area contributed by atoms with Crippen LogP contribution in [0.15, 0.2) is 36.4 Å². The standard InChI is InChI=1S/C28H34O17/c1-39-13-7-3-5-11(17(13)29)25(37)41-9-15-19(31)21(33)23(35)27(43-15)45-28-24(36)22(34)20(32)16(44-28)10-42-26(38)12-6-4-8-14(40-2)18(12)30/h3-8,15-16,19-24,27-36H,9-10H2,1-2H3/t15-,16-,19-,20-,21+,22+,23-,24-,27-,28-/m1/s1. The lowest BCUT2D eigenvalue weighted by atomic mass is 9.98. The molecular formula is C28H34O17. The van der Waals surface area contributed by atoms with Crippen LogP contribution in [0.5, 0.6) is 23.0 Å². The van der Waals surface area contributed by atoms with Gasteiger partial charge in [-0.3, -0.25) is 0 Å². The van der Waals surface area contributed by atoms with Crippen molar-refractivity contribution < 1.29 is 83.6 Å². The van der Waals surface area contributed by atoms with Crippen molar-refractivity contribution in [3.63, 3.8) is 0 Å². The molecule has 2 saturated heterocycles. The average molecular weight is 643 g/mol. The number of rotatable bonds is 10. The highest BCUT2D eigenvalue weighted by Crippen LogP contribution is 2.32. The minimum Gasteiger partial charge on any atom is -0.504 e. The fourth-order valence-electron chi connectivity index (χ4n) is 4.64. The first-order valence-electron chi connectivity index (χ1n) is 13.5. The number of hydrogen-bond donors (Lipinski definition) is 8. The zero-order chi connectivity index (χ0) is 33.0. The first-order chi connectivity index (χ1) is 21.4. The van der Waals surface area contributed by atoms with Gasteiger partial charge >= 0.3 is 11.9 Å². The molecule has 2 aliphatic heterocycles. The summed E-state index contributed by atoms with van der Waals surface area (Å²) in [5.74, 6) is -3.09. The molecule has 4 rings (SSSR count). The third kappa shape index (κ3) is 7.22. The van der Waals surface area contributed by atoms with Crippen LogP contribution in [0.2, 0.25) is 0 Å². The summed E-state index contributed by atoms with van der Waals surface area (Å²) in [4.78, 5) is 25.1. The molecule has 2 aliphatic rings. The van der Waals surface area contributed by atoms with Gasteiger partial charge in [0.05, 0.1) is 14.2 Å². The number of carbonyl (C=O) groups excluding carboxylic acids is 2. The highest BCUT2D eigenvalue weighted by molar-refractivity contribution is 5.94. The number of hydrogen-bond acceptors (Lipinski definition) is 17. The molecule has 8 N–H and O–H groups in total. The lowest BCUT2D eigenvalue weighted by Gasteiger charge is -2.44. The number of phenolic OH excluding ortho intramolecular Hbond substituents is 2. The Balaban J connectivity index is 1.41. The van der Waals surface area contributed by atoms with Crippen LogP contribution in [0.4, 0.5) is 0 Å². The smallest absolute Gasteiger partial charge is 0.342 e. The van der Waals surface area contributed by atoms with Gasteiger partial charge in [0.2, 0.25) is 0 Å². The number of aliphatic hydroxyl groups excluding tert-OH is 6. The maximum absolute atomic E-state index is 12.5. The lowest BCUT2D eigenvalue weighted by Crippen LogP contribution is -2.64. The normalized spacial score (nSPS) is 31.6. The SMILES string of the molecule is COc1cccc(C(=O)OC[C@H]2O[C@H](O[C@H]3O[C@H](COC(=O)c4cccc(OC)c4O)[C@@H](O)[C@H](O)[C@H]3O)[C@H](O)[C@@H](O)[C@@H]2O)c1O. The van der Waals surface area contributed by atoms with Gasteiger partial charge in [0.1, 0.15) is 73.2 Å². The van der Waals surface area contributed by atoms with Crippen LogP contribution in [0.3, 0.4) is 0 Å². The predicted molar refractivity (Wildman–Crippen MR) is 144 cm³/mol. The monoisotopic (exact) mass is 642 g/mol. The number of ether oxygens (including phenoxy) is 7. The van der Waals surface area contributed by atoms with Crippen LogP contribution in [0.1, 0.15) is 20.7 Å². The Morgan fingerprint density at radius 1 is 0.622 bits per heavy atom. The maximum atomic E-state index is 12.5. The first-order valence-corrected chi connectivity index (χ1v) is 13.5. The van der Waals surface area contributed by atoms with E-state index in [1.54, 1.807) is 0 Å². The minimum absolute atomic E-state index is 0.00438. The van der Waals surface area contributed by atoms with Crippen LogP contribution < -0.4 is 9.47 Å². The van der Waals surface area contributed by atoms with Crippen molar-refractivity contribution in [3.05, 3.63) is 47.5 Å². The number of carbonyl (C=O) groups is 2. The molecule has 2 fully saturated rings. The zero-order valence-corrected chi connectivity index (χ0v) is 23.9. The van der Waals surface area contributed by atoms with E-state index in [9.17, 15) is 50.4 Å². The Morgan fingerprint density at radius 3 is 1.36 bits per heavy atom. The molecule has 0 saturated carbocycles. The van der Waals surface area contributed by atoms with E-state index in [4.69, 9.17) is 33.2 Å². The van der Waals surface area contributed by atoms with Gasteiger partial charge in [0, 0.05) is 0 Å². The van der Waals surface area contributed by atoms with Crippen LogP contribution in [0, 0.1) is 0 Å². The third-order valence-electron chi connectivity index (χ3n) is 7.24. The van der Waals surface area contributed by atoms with E-state index in [0.717, 1.165) is 0 Å². The highest BCUT2D eigenvalue weighted by atomic mass is 16.8. The number of phenols is 2. The average Bonchev–Trinajstić information content (AvgIpc) is 3.03. The van der Waals surface area contributed by atoms with E-state index in [2.05, 4.69) is 0 Å². The first kappa shape index (κ1) is 34.1. The molecule has 0 aliphatic carbocycles. The topological polar surface area (TPSA) is 261 Å². The van der Waals surface area contributed by atoms with E-state index in [1.165, 1.54) is 50.6 Å². The summed E-state index contributed by atoms with van der Waals surface area (Å²) in [7, 11) is 2.55. The van der Waals surface area contributed by atoms with Crippen LogP contribution >= 0.6 is 0 Å². The van der Waals surface area contributed by atoms with E-state index in [0.29, 0.717) is 0 Å². The molecule has 2 heterocycles. The zero-order valence-electron chi connectivity index (χ0n) is 23.9. The Kier molecular flexibility index (Phi) is 11.0. The Bertz CT molecular complexity index is 1240. The van der Waals surface area contributed by atoms with Crippen molar-refractivity contribution >= 4 is 11.9 Å². The summed E-state index contributed by atoms with van der Waals surface area (Å²) >= 11 is 0. The van der Waals surface area contributed by atoms with Crippen molar-refractivity contribution in [1.82, 2.24) is 0 Å². The number of esters is 2. The molecule has 248 valence electrons. The van der Waals surface area contributed by atoms with Crippen LogP contribution in [0.25, 0.3) is 0 Å². The molecule has 0 amide bonds. The molecule has 45 heavy (non-hydrogen) atoms. The fraction of sp³-hybridized carbons (Fsp3) is 0.500. The van der Waals surface area contributed by atoms with Crippen molar-refractivity contribution in [2.24, 2.45) is 0 Å². The van der Waals surface area contributed by atoms with E-state index in [-0.39, 0.29) is 22.6 Å². The molecule has 17 heteroatoms. The summed E-state index contributed by atoms with van der Waals surface area (Å²) in [5, 5.41) is 82.9. The van der Waals surface area contributed by atoms with Crippen molar-refractivity contribution in [2.45, 2.75) is 61.4 Å². The van der Waals surface area contributed by atoms with Gasteiger partial charge in [-0.25, -0.2) is 9.59 Å². The molecule has 0 aromatic heterocycles. The second-order valence-electron chi connectivity index (χ2n) is 10.1. The predicted octanol–water partition coefficient (Wildman–Crippen LogP) is -2.24. The summed E-state index contributed by atoms with van der Waals surface area (Å²) in [6, 6.07) is 8.13. The molecule has 2 aromatic carbocycles. The second kappa shape index (κ2) is 14.5. The molecule has 0 spiro atoms. The van der Waals surface area contributed by atoms with Crippen molar-refractivity contribution in [3.8, 4) is 23.0 Å². The lowest BCUT2D eigenvalue weighted by molar-refractivity contribution is -0.376. The Hall–Kier alpha value is -3.78. The van der Waals surface area contributed by atoms with Gasteiger partial charge in [0.15, 0.2) is 35.6 Å². The highest BCUT2D eigenvalue weighted by Gasteiger charge is 2.50. The molecule has 2 aromatic rings. The number of benzene rings is 2. The maximum Gasteiger partial charge on any atom is 0.342 e. The van der Waals surface area contributed by atoms with Gasteiger partial charge in [0.25, 0.3) is 0 Å². The number of methoxy groups -OCH3 is 2. The summed E-state index contributed by atoms with van der Waals surface area (Å²) in [6.07, 6.45) is -18.0. The summed E-state index contributed by atoms with van der Waals surface area (Å²) in [6.45, 7) is -1.41. The second-order valence-corrected chi connectivity index (χ2v) is 10.1. The largest absolute Gasteiger partial charge is 0.504 e. The Labute approximate surface area is 255 Å². The van der Waals surface area contributed by atoms with E-state index >= 15 is 0 Å². The summed E-state index contributed by atoms with van der Waals surface area (Å²) in [5.41, 5.74) is -0.541. The van der Waals surface area contributed by atoms with Gasteiger partial charge in [-0.2, -0.15) is 0 Å². The third-order valence-corrected chi connectivity index (χ3v) is 7.24. The molecular weight excluding hydrogens is 608 g/mol. The quantitative estimate of drug-likeness (QED) is 0.127. The van der Waals surface area contributed by atoms with Crippen molar-refractivity contribution in [1.29, 1.82) is 0 Å². The minimum atomic E-state index is -1.94. The Morgan fingerprint density at radius 2 is 1.00 bits per heavy atom. The van der Waals surface area contributed by atoms with E-state index in [1.807, 2.05) is 0 Å². The fourth-order valence-corrected chi connectivity index (χ4v) is 4.64. The van der Waals surface area contributed by atoms with Crippen LogP contribution in [-0.2, 0) is 23.7 Å². The van der Waals surface area contributed by atoms with Crippen LogP contribution in [-0.4, -0.2) is 142 Å². The number of aromatic hydroxyl groups is 2.